The summed E-state index contributed by atoms with van der Waals surface area (Å²) >= 11 is 0. The number of fused-ring (bicyclic) bond motifs is 7. The highest BCUT2D eigenvalue weighted by molar-refractivity contribution is 5.84. The topological polar surface area (TPSA) is 84.9 Å². The molecule has 0 aromatic rings. The minimum absolute atomic E-state index is 0.0196. The molecular formula is C40H66N2O5. The molecule has 0 bridgehead atoms. The van der Waals surface area contributed by atoms with Gasteiger partial charge >= 0.3 is 11.9 Å². The van der Waals surface area contributed by atoms with E-state index >= 15 is 0 Å². The number of amides is 1. The molecule has 0 spiro atoms. The van der Waals surface area contributed by atoms with Crippen LogP contribution in [0, 0.1) is 50.2 Å². The van der Waals surface area contributed by atoms with Gasteiger partial charge in [0, 0.05) is 32.4 Å². The van der Waals surface area contributed by atoms with Gasteiger partial charge in [0.25, 0.3) is 0 Å². The Balaban J connectivity index is 1.49. The Morgan fingerprint density at radius 1 is 0.872 bits per heavy atom. The second kappa shape index (κ2) is 12.8. The van der Waals surface area contributed by atoms with Crippen LogP contribution in [-0.2, 0) is 23.9 Å². The predicted molar refractivity (Wildman–Crippen MR) is 186 cm³/mol. The van der Waals surface area contributed by atoms with Crippen molar-refractivity contribution in [1.29, 1.82) is 0 Å². The molecule has 5 aliphatic carbocycles. The van der Waals surface area contributed by atoms with Gasteiger partial charge in [0.15, 0.2) is 0 Å². The number of ether oxygens (including phenoxy) is 2. The lowest BCUT2D eigenvalue weighted by Crippen LogP contribution is -2.66. The van der Waals surface area contributed by atoms with Crippen molar-refractivity contribution < 1.29 is 23.9 Å². The van der Waals surface area contributed by atoms with Crippen LogP contribution in [0.2, 0.25) is 0 Å². The molecule has 47 heavy (non-hydrogen) atoms. The highest BCUT2D eigenvalue weighted by atomic mass is 16.6. The van der Waals surface area contributed by atoms with E-state index in [0.717, 1.165) is 83.8 Å². The molecule has 9 atom stereocenters. The Morgan fingerprint density at radius 2 is 1.55 bits per heavy atom. The average molecular weight is 655 g/mol. The number of esters is 2. The van der Waals surface area contributed by atoms with Gasteiger partial charge in [-0.1, -0.05) is 67.0 Å². The summed E-state index contributed by atoms with van der Waals surface area (Å²) in [4.78, 5) is 41.0. The molecule has 5 rings (SSSR count). The minimum atomic E-state index is -0.436. The first-order valence-corrected chi connectivity index (χ1v) is 18.9. The second-order valence-corrected chi connectivity index (χ2v) is 18.1. The molecule has 0 saturated heterocycles. The van der Waals surface area contributed by atoms with Gasteiger partial charge in [0.2, 0.25) is 5.91 Å². The zero-order valence-corrected chi connectivity index (χ0v) is 31.5. The molecule has 5 aliphatic rings. The van der Waals surface area contributed by atoms with Crippen molar-refractivity contribution >= 4 is 17.8 Å². The molecule has 0 heterocycles. The number of carbonyl (C=O) groups excluding carboxylic acids is 3. The van der Waals surface area contributed by atoms with E-state index < -0.39 is 5.41 Å². The van der Waals surface area contributed by atoms with Gasteiger partial charge in [0.05, 0.1) is 5.41 Å². The van der Waals surface area contributed by atoms with E-state index in [1.165, 1.54) is 13.8 Å². The highest BCUT2D eigenvalue weighted by Crippen LogP contribution is 2.76. The summed E-state index contributed by atoms with van der Waals surface area (Å²) in [6, 6.07) is 0. The van der Waals surface area contributed by atoms with Crippen molar-refractivity contribution in [2.45, 2.75) is 140 Å². The Morgan fingerprint density at radius 3 is 2.19 bits per heavy atom. The molecule has 0 aromatic carbocycles. The minimum Gasteiger partial charge on any atom is -0.465 e. The number of nitrogens with zero attached hydrogens (tertiary/aromatic N) is 1. The fraction of sp³-hybridized carbons (Fsp3) is 0.875. The van der Waals surface area contributed by atoms with Crippen molar-refractivity contribution in [2.24, 2.45) is 50.2 Å². The SMILES string of the molecule is CCN(CC)CCNC(=O)[C@]12CCC(C)(C)C[C@@H]1C1=CC[C@@H]3[C@@]4(C)CC[C@H](OC(C)=O)[C@](C)(COC(C)=O)C4CC[C@@]3(C)[C@]1(C)CC2. The first kappa shape index (κ1) is 36.4. The molecule has 4 saturated carbocycles. The summed E-state index contributed by atoms with van der Waals surface area (Å²) in [5.41, 5.74) is 1.16. The lowest BCUT2D eigenvalue weighted by molar-refractivity contribution is -0.226. The molecule has 1 N–H and O–H groups in total. The van der Waals surface area contributed by atoms with Crippen molar-refractivity contribution in [3.05, 3.63) is 11.6 Å². The highest BCUT2D eigenvalue weighted by Gasteiger charge is 2.70. The summed E-state index contributed by atoms with van der Waals surface area (Å²) < 4.78 is 11.7. The van der Waals surface area contributed by atoms with Crippen LogP contribution in [0.3, 0.4) is 0 Å². The Kier molecular flexibility index (Phi) is 9.89. The number of hydrogen-bond acceptors (Lipinski definition) is 6. The molecule has 0 aliphatic heterocycles. The molecule has 0 radical (unpaired) electrons. The molecule has 7 nitrogen and oxygen atoms in total. The number of hydrogen-bond donors (Lipinski definition) is 1. The molecule has 0 aromatic heterocycles. The number of rotatable bonds is 9. The van der Waals surface area contributed by atoms with Crippen molar-refractivity contribution in [2.75, 3.05) is 32.8 Å². The summed E-state index contributed by atoms with van der Waals surface area (Å²) in [6.45, 7) is 25.9. The van der Waals surface area contributed by atoms with Gasteiger partial charge < -0.3 is 19.7 Å². The fourth-order valence-electron chi connectivity index (χ4n) is 12.3. The molecular weight excluding hydrogens is 588 g/mol. The van der Waals surface area contributed by atoms with Crippen LogP contribution in [0.15, 0.2) is 11.6 Å². The van der Waals surface area contributed by atoms with Crippen molar-refractivity contribution in [1.82, 2.24) is 10.2 Å². The number of carbonyl (C=O) groups is 3. The van der Waals surface area contributed by atoms with Crippen LogP contribution in [0.1, 0.15) is 133 Å². The summed E-state index contributed by atoms with van der Waals surface area (Å²) in [5.74, 6) is 0.763. The van der Waals surface area contributed by atoms with Gasteiger partial charge in [-0.25, -0.2) is 0 Å². The van der Waals surface area contributed by atoms with E-state index in [1.807, 2.05) is 0 Å². The second-order valence-electron chi connectivity index (χ2n) is 18.1. The van der Waals surface area contributed by atoms with Crippen LogP contribution >= 0.6 is 0 Å². The zero-order valence-electron chi connectivity index (χ0n) is 31.5. The maximum atomic E-state index is 14.4. The predicted octanol–water partition coefficient (Wildman–Crippen LogP) is 7.72. The van der Waals surface area contributed by atoms with Crippen molar-refractivity contribution in [3.8, 4) is 0 Å². The summed E-state index contributed by atoms with van der Waals surface area (Å²) in [5, 5.41) is 3.45. The van der Waals surface area contributed by atoms with E-state index in [-0.39, 0.29) is 63.6 Å². The lowest BCUT2D eigenvalue weighted by atomic mass is 9.33. The van der Waals surface area contributed by atoms with Gasteiger partial charge in [-0.05, 0) is 117 Å². The average Bonchev–Trinajstić information content (AvgIpc) is 2.99. The molecule has 4 fully saturated rings. The van der Waals surface area contributed by atoms with E-state index in [2.05, 4.69) is 71.7 Å². The zero-order chi connectivity index (χ0) is 34.6. The fourth-order valence-corrected chi connectivity index (χ4v) is 12.3. The van der Waals surface area contributed by atoms with Crippen LogP contribution < -0.4 is 5.32 Å². The maximum Gasteiger partial charge on any atom is 0.302 e. The van der Waals surface area contributed by atoms with Gasteiger partial charge in [-0.3, -0.25) is 14.4 Å². The smallest absolute Gasteiger partial charge is 0.302 e. The summed E-state index contributed by atoms with van der Waals surface area (Å²) in [6.07, 6.45) is 12.4. The Bertz CT molecular complexity index is 1260. The first-order chi connectivity index (χ1) is 21.9. The van der Waals surface area contributed by atoms with E-state index in [9.17, 15) is 14.4 Å². The third kappa shape index (κ3) is 5.90. The molecule has 7 heteroatoms. The van der Waals surface area contributed by atoms with Crippen LogP contribution in [0.4, 0.5) is 0 Å². The molecule has 266 valence electrons. The quantitative estimate of drug-likeness (QED) is 0.202. The van der Waals surface area contributed by atoms with Crippen molar-refractivity contribution in [3.63, 3.8) is 0 Å². The van der Waals surface area contributed by atoms with E-state index in [1.54, 1.807) is 5.57 Å². The normalized spacial score (nSPS) is 42.1. The third-order valence-corrected chi connectivity index (χ3v) is 15.3. The third-order valence-electron chi connectivity index (χ3n) is 15.3. The molecule has 1 unspecified atom stereocenters. The number of nitrogens with one attached hydrogen (secondary N) is 1. The van der Waals surface area contributed by atoms with Gasteiger partial charge in [0.1, 0.15) is 12.7 Å². The lowest BCUT2D eigenvalue weighted by Gasteiger charge is -2.71. The number of likely N-dealkylation sites (N-methyl/N-ethyl adjacent to an activating group) is 1. The Hall–Kier alpha value is -1.89. The largest absolute Gasteiger partial charge is 0.465 e. The number of allylic oxidation sites excluding steroid dienone is 2. The monoisotopic (exact) mass is 654 g/mol. The Labute approximate surface area is 285 Å². The van der Waals surface area contributed by atoms with Crippen LogP contribution in [0.25, 0.3) is 0 Å². The summed E-state index contributed by atoms with van der Waals surface area (Å²) in [7, 11) is 0. The first-order valence-electron chi connectivity index (χ1n) is 18.9. The molecule has 1 amide bonds. The standard InChI is InChI=1S/C40H66N2O5/c1-11-42(12-2)24-23-41-34(45)40-21-19-35(5,6)25-30(40)29-13-14-32-36(7)17-16-33(47-28(4)44)37(8,26-46-27(3)43)31(36)15-18-39(32,10)38(29,9)20-22-40/h13,30-33H,11-12,14-26H2,1-10H3,(H,41,45)/t30-,31?,32-,33+,36+,37-,38-,39-,40+/m1/s1. The maximum absolute atomic E-state index is 14.4. The van der Waals surface area contributed by atoms with Crippen LogP contribution in [0.5, 0.6) is 0 Å². The van der Waals surface area contributed by atoms with Gasteiger partial charge in [-0.2, -0.15) is 0 Å². The van der Waals surface area contributed by atoms with E-state index in [4.69, 9.17) is 9.47 Å². The van der Waals surface area contributed by atoms with Gasteiger partial charge in [-0.15, -0.1) is 0 Å². The van der Waals surface area contributed by atoms with Crippen LogP contribution in [-0.4, -0.2) is 61.6 Å². The van der Waals surface area contributed by atoms with E-state index in [0.29, 0.717) is 18.4 Å².